The van der Waals surface area contributed by atoms with Crippen LogP contribution in [0.15, 0.2) is 22.7 Å². The molecule has 0 aliphatic heterocycles. The van der Waals surface area contributed by atoms with E-state index in [2.05, 4.69) is 41.2 Å². The second-order valence-electron chi connectivity index (χ2n) is 4.65. The molecular formula is C14H21BrClNO. The molecule has 1 rings (SSSR count). The molecule has 1 N–H and O–H groups in total. The number of benzene rings is 1. The van der Waals surface area contributed by atoms with Crippen molar-refractivity contribution < 1.29 is 4.74 Å². The fraction of sp³-hybridized carbons (Fsp3) is 0.571. The summed E-state index contributed by atoms with van der Waals surface area (Å²) in [5.74, 6) is 0. The van der Waals surface area contributed by atoms with Crippen LogP contribution in [0.5, 0.6) is 0 Å². The lowest BCUT2D eigenvalue weighted by Crippen LogP contribution is -2.49. The molecule has 0 bridgehead atoms. The highest BCUT2D eigenvalue weighted by Crippen LogP contribution is 2.27. The first-order valence-corrected chi connectivity index (χ1v) is 7.30. The van der Waals surface area contributed by atoms with E-state index < -0.39 is 0 Å². The van der Waals surface area contributed by atoms with E-state index in [1.807, 2.05) is 19.2 Å². The Labute approximate surface area is 123 Å². The SMILES string of the molecule is CCC(C)(OC)C(Cc1ccc(Br)cc1Cl)NC. The first-order valence-electron chi connectivity index (χ1n) is 6.13. The van der Waals surface area contributed by atoms with Crippen LogP contribution in [0.25, 0.3) is 0 Å². The Hall–Kier alpha value is -0.0900. The number of halogens is 2. The van der Waals surface area contributed by atoms with Crippen LogP contribution >= 0.6 is 27.5 Å². The zero-order valence-electron chi connectivity index (χ0n) is 11.4. The fourth-order valence-electron chi connectivity index (χ4n) is 2.06. The van der Waals surface area contributed by atoms with E-state index in [0.717, 1.165) is 27.9 Å². The van der Waals surface area contributed by atoms with Gasteiger partial charge in [0.25, 0.3) is 0 Å². The summed E-state index contributed by atoms with van der Waals surface area (Å²) in [5.41, 5.74) is 0.946. The number of nitrogens with one attached hydrogen (secondary N) is 1. The molecule has 18 heavy (non-hydrogen) atoms. The van der Waals surface area contributed by atoms with Gasteiger partial charge in [-0.15, -0.1) is 0 Å². The van der Waals surface area contributed by atoms with Gasteiger partial charge in [-0.3, -0.25) is 0 Å². The molecule has 102 valence electrons. The molecule has 0 spiro atoms. The molecule has 2 atom stereocenters. The van der Waals surface area contributed by atoms with Crippen LogP contribution in [0.1, 0.15) is 25.8 Å². The molecule has 0 saturated carbocycles. The van der Waals surface area contributed by atoms with E-state index in [0.29, 0.717) is 0 Å². The van der Waals surface area contributed by atoms with E-state index >= 15 is 0 Å². The van der Waals surface area contributed by atoms with Gasteiger partial charge in [-0.25, -0.2) is 0 Å². The van der Waals surface area contributed by atoms with E-state index in [1.165, 1.54) is 0 Å². The highest BCUT2D eigenvalue weighted by Gasteiger charge is 2.31. The monoisotopic (exact) mass is 333 g/mol. The van der Waals surface area contributed by atoms with Crippen molar-refractivity contribution in [2.75, 3.05) is 14.2 Å². The number of ether oxygens (including phenoxy) is 1. The van der Waals surface area contributed by atoms with Crippen LogP contribution in [0, 0.1) is 0 Å². The third kappa shape index (κ3) is 3.70. The molecule has 2 nitrogen and oxygen atoms in total. The molecule has 0 aromatic heterocycles. The van der Waals surface area contributed by atoms with Crippen molar-refractivity contribution in [3.05, 3.63) is 33.3 Å². The van der Waals surface area contributed by atoms with Crippen molar-refractivity contribution in [2.45, 2.75) is 38.3 Å². The van der Waals surface area contributed by atoms with Gasteiger partial charge in [0, 0.05) is 22.6 Å². The molecule has 1 aromatic carbocycles. The maximum atomic E-state index is 6.27. The third-order valence-electron chi connectivity index (χ3n) is 3.69. The van der Waals surface area contributed by atoms with Crippen LogP contribution in [0.2, 0.25) is 5.02 Å². The lowest BCUT2D eigenvalue weighted by atomic mass is 9.88. The van der Waals surface area contributed by atoms with Gasteiger partial charge in [0.05, 0.1) is 5.60 Å². The van der Waals surface area contributed by atoms with Crippen molar-refractivity contribution in [3.63, 3.8) is 0 Å². The molecule has 0 amide bonds. The number of rotatable bonds is 6. The van der Waals surface area contributed by atoms with E-state index in [1.54, 1.807) is 7.11 Å². The molecule has 0 fully saturated rings. The predicted octanol–water partition coefficient (Wildman–Crippen LogP) is 4.05. The molecule has 2 unspecified atom stereocenters. The minimum Gasteiger partial charge on any atom is -0.377 e. The zero-order valence-corrected chi connectivity index (χ0v) is 13.7. The van der Waals surface area contributed by atoms with Crippen LogP contribution in [-0.4, -0.2) is 25.8 Å². The summed E-state index contributed by atoms with van der Waals surface area (Å²) < 4.78 is 6.66. The minimum absolute atomic E-state index is 0.189. The van der Waals surface area contributed by atoms with Gasteiger partial charge in [0.1, 0.15) is 0 Å². The Kier molecular flexibility index (Phi) is 6.12. The Morgan fingerprint density at radius 1 is 1.50 bits per heavy atom. The van der Waals surface area contributed by atoms with Crippen LogP contribution in [0.3, 0.4) is 0 Å². The normalized spacial score (nSPS) is 16.3. The number of methoxy groups -OCH3 is 1. The van der Waals surface area contributed by atoms with Crippen LogP contribution in [-0.2, 0) is 11.2 Å². The Morgan fingerprint density at radius 2 is 2.17 bits per heavy atom. The van der Waals surface area contributed by atoms with Gasteiger partial charge in [-0.2, -0.15) is 0 Å². The van der Waals surface area contributed by atoms with Crippen molar-refractivity contribution in [1.82, 2.24) is 5.32 Å². The van der Waals surface area contributed by atoms with Crippen molar-refractivity contribution in [2.24, 2.45) is 0 Å². The quantitative estimate of drug-likeness (QED) is 0.847. The maximum absolute atomic E-state index is 6.27. The van der Waals surface area contributed by atoms with Gasteiger partial charge < -0.3 is 10.1 Å². The van der Waals surface area contributed by atoms with Gasteiger partial charge >= 0.3 is 0 Å². The molecule has 1 aromatic rings. The summed E-state index contributed by atoms with van der Waals surface area (Å²) in [4.78, 5) is 0. The van der Waals surface area contributed by atoms with Gasteiger partial charge in [-0.05, 0) is 44.5 Å². The first-order chi connectivity index (χ1) is 8.46. The summed E-state index contributed by atoms with van der Waals surface area (Å²) >= 11 is 9.69. The lowest BCUT2D eigenvalue weighted by molar-refractivity contribution is -0.0268. The standard InChI is InChI=1S/C14H21BrClNO/c1-5-14(2,18-4)13(17-3)8-10-6-7-11(15)9-12(10)16/h6-7,9,13,17H,5,8H2,1-4H3. The molecule has 0 aliphatic rings. The summed E-state index contributed by atoms with van der Waals surface area (Å²) in [6.07, 6.45) is 1.80. The van der Waals surface area contributed by atoms with Crippen molar-refractivity contribution >= 4 is 27.5 Å². The average Bonchev–Trinajstić information content (AvgIpc) is 2.37. The molecule has 0 saturated heterocycles. The predicted molar refractivity (Wildman–Crippen MR) is 81.4 cm³/mol. The Balaban J connectivity index is 2.92. The summed E-state index contributed by atoms with van der Waals surface area (Å²) in [6, 6.07) is 6.23. The second-order valence-corrected chi connectivity index (χ2v) is 5.97. The number of likely N-dealkylation sites (N-methyl/N-ethyl adjacent to an activating group) is 1. The topological polar surface area (TPSA) is 21.3 Å². The number of hydrogen-bond donors (Lipinski definition) is 1. The highest BCUT2D eigenvalue weighted by atomic mass is 79.9. The zero-order chi connectivity index (χ0) is 13.8. The lowest BCUT2D eigenvalue weighted by Gasteiger charge is -2.36. The molecular weight excluding hydrogens is 314 g/mol. The molecule has 0 heterocycles. The second kappa shape index (κ2) is 6.90. The van der Waals surface area contributed by atoms with E-state index in [4.69, 9.17) is 16.3 Å². The Bertz CT molecular complexity index is 393. The van der Waals surface area contributed by atoms with Crippen LogP contribution in [0.4, 0.5) is 0 Å². The first kappa shape index (κ1) is 16.0. The Morgan fingerprint density at radius 3 is 2.61 bits per heavy atom. The van der Waals surface area contributed by atoms with Gasteiger partial charge in [0.2, 0.25) is 0 Å². The minimum atomic E-state index is -0.189. The fourth-order valence-corrected chi connectivity index (χ4v) is 2.81. The van der Waals surface area contributed by atoms with Crippen LogP contribution < -0.4 is 5.32 Å². The molecule has 0 aliphatic carbocycles. The van der Waals surface area contributed by atoms with Crippen molar-refractivity contribution in [1.29, 1.82) is 0 Å². The van der Waals surface area contributed by atoms with E-state index in [-0.39, 0.29) is 11.6 Å². The maximum Gasteiger partial charge on any atom is 0.0803 e. The highest BCUT2D eigenvalue weighted by molar-refractivity contribution is 9.10. The average molecular weight is 335 g/mol. The number of hydrogen-bond acceptors (Lipinski definition) is 2. The van der Waals surface area contributed by atoms with Gasteiger partial charge in [-0.1, -0.05) is 40.5 Å². The molecule has 0 radical (unpaired) electrons. The van der Waals surface area contributed by atoms with Gasteiger partial charge in [0.15, 0.2) is 0 Å². The summed E-state index contributed by atoms with van der Waals surface area (Å²) in [6.45, 7) is 4.26. The summed E-state index contributed by atoms with van der Waals surface area (Å²) in [5, 5.41) is 4.13. The van der Waals surface area contributed by atoms with E-state index in [9.17, 15) is 0 Å². The molecule has 4 heteroatoms. The van der Waals surface area contributed by atoms with Crippen molar-refractivity contribution in [3.8, 4) is 0 Å². The smallest absolute Gasteiger partial charge is 0.0803 e. The largest absolute Gasteiger partial charge is 0.377 e. The summed E-state index contributed by atoms with van der Waals surface area (Å²) in [7, 11) is 3.72. The third-order valence-corrected chi connectivity index (χ3v) is 4.54.